The molecular formula is C18H24N4OS. The lowest BCUT2D eigenvalue weighted by Crippen LogP contribution is -2.45. The van der Waals surface area contributed by atoms with Crippen molar-refractivity contribution in [2.75, 3.05) is 18.0 Å². The summed E-state index contributed by atoms with van der Waals surface area (Å²) in [5, 5.41) is 5.33. The molecule has 5 nitrogen and oxygen atoms in total. The highest BCUT2D eigenvalue weighted by Crippen LogP contribution is 2.27. The van der Waals surface area contributed by atoms with Gasteiger partial charge in [-0.2, -0.15) is 0 Å². The molecule has 0 aliphatic carbocycles. The molecule has 128 valence electrons. The smallest absolute Gasteiger partial charge is 0.225 e. The average Bonchev–Trinajstić information content (AvgIpc) is 3.14. The summed E-state index contributed by atoms with van der Waals surface area (Å²) in [7, 11) is 0. The maximum Gasteiger partial charge on any atom is 0.225 e. The van der Waals surface area contributed by atoms with E-state index in [0.29, 0.717) is 18.4 Å². The zero-order valence-electron chi connectivity index (χ0n) is 14.2. The number of piperidine rings is 1. The minimum Gasteiger partial charge on any atom is -0.348 e. The van der Waals surface area contributed by atoms with Crippen molar-refractivity contribution < 1.29 is 4.79 Å². The molecule has 6 heteroatoms. The number of carbonyl (C=O) groups excluding carboxylic acids is 1. The van der Waals surface area contributed by atoms with Crippen LogP contribution in [0, 0.1) is 11.8 Å². The van der Waals surface area contributed by atoms with Gasteiger partial charge in [0.05, 0.1) is 12.0 Å². The Hall–Kier alpha value is -1.95. The number of nitrogens with one attached hydrogen (secondary N) is 1. The van der Waals surface area contributed by atoms with Gasteiger partial charge in [-0.1, -0.05) is 19.9 Å². The van der Waals surface area contributed by atoms with Crippen molar-refractivity contribution in [1.29, 1.82) is 0 Å². The fraction of sp³-hybridized carbons (Fsp3) is 0.500. The second-order valence-corrected chi connectivity index (χ2v) is 7.56. The topological polar surface area (TPSA) is 58.1 Å². The van der Waals surface area contributed by atoms with Crippen molar-refractivity contribution in [2.45, 2.75) is 32.7 Å². The quantitative estimate of drug-likeness (QED) is 0.904. The number of hydrogen-bond donors (Lipinski definition) is 1. The average molecular weight is 344 g/mol. The molecule has 2 aromatic heterocycles. The molecule has 0 spiro atoms. The van der Waals surface area contributed by atoms with Gasteiger partial charge in [-0.05, 0) is 36.3 Å². The lowest BCUT2D eigenvalue weighted by Gasteiger charge is -2.33. The molecule has 3 rings (SSSR count). The van der Waals surface area contributed by atoms with Gasteiger partial charge in [0.2, 0.25) is 11.9 Å². The predicted molar refractivity (Wildman–Crippen MR) is 97.0 cm³/mol. The monoisotopic (exact) mass is 344 g/mol. The summed E-state index contributed by atoms with van der Waals surface area (Å²) in [4.78, 5) is 24.8. The van der Waals surface area contributed by atoms with Gasteiger partial charge in [-0.25, -0.2) is 9.97 Å². The van der Waals surface area contributed by atoms with Crippen molar-refractivity contribution in [3.05, 3.63) is 40.8 Å². The van der Waals surface area contributed by atoms with Crippen molar-refractivity contribution in [3.8, 4) is 0 Å². The van der Waals surface area contributed by atoms with Crippen LogP contribution in [0.4, 0.5) is 5.95 Å². The number of carbonyl (C=O) groups is 1. The van der Waals surface area contributed by atoms with Gasteiger partial charge in [0.1, 0.15) is 0 Å². The van der Waals surface area contributed by atoms with Gasteiger partial charge in [-0.15, -0.1) is 11.3 Å². The molecule has 2 atom stereocenters. The van der Waals surface area contributed by atoms with Crippen LogP contribution in [-0.2, 0) is 4.79 Å². The van der Waals surface area contributed by atoms with Crippen LogP contribution in [0.3, 0.4) is 0 Å². The van der Waals surface area contributed by atoms with Crippen LogP contribution in [0.5, 0.6) is 0 Å². The van der Waals surface area contributed by atoms with Crippen LogP contribution < -0.4 is 10.2 Å². The Labute approximate surface area is 147 Å². The molecule has 1 N–H and O–H groups in total. The molecule has 3 heterocycles. The van der Waals surface area contributed by atoms with E-state index in [0.717, 1.165) is 19.4 Å². The van der Waals surface area contributed by atoms with Gasteiger partial charge < -0.3 is 10.2 Å². The predicted octanol–water partition coefficient (Wildman–Crippen LogP) is 3.27. The number of anilines is 1. The number of aromatic nitrogens is 2. The standard InChI is InChI=1S/C18H24N4OS/c1-13(2)16(15-7-4-11-24-15)21-17(23)14-6-3-10-22(12-14)18-19-8-5-9-20-18/h4-5,7-9,11,13-14,16H,3,6,10,12H2,1-2H3,(H,21,23)/t14-,16+/m1/s1. The second-order valence-electron chi connectivity index (χ2n) is 6.58. The van der Waals surface area contributed by atoms with Crippen LogP contribution >= 0.6 is 11.3 Å². The molecule has 0 unspecified atom stereocenters. The molecular weight excluding hydrogens is 320 g/mol. The number of nitrogens with zero attached hydrogens (tertiary/aromatic N) is 3. The van der Waals surface area contributed by atoms with E-state index in [-0.39, 0.29) is 17.9 Å². The Morgan fingerprint density at radius 2 is 2.12 bits per heavy atom. The van der Waals surface area contributed by atoms with Crippen molar-refractivity contribution >= 4 is 23.2 Å². The lowest BCUT2D eigenvalue weighted by atomic mass is 9.95. The Morgan fingerprint density at radius 3 is 2.79 bits per heavy atom. The molecule has 1 aliphatic rings. The first kappa shape index (κ1) is 16.9. The molecule has 2 aromatic rings. The first-order chi connectivity index (χ1) is 11.6. The molecule has 0 radical (unpaired) electrons. The van der Waals surface area contributed by atoms with Crippen LogP contribution in [0.15, 0.2) is 36.0 Å². The third-order valence-corrected chi connectivity index (χ3v) is 5.40. The molecule has 0 bridgehead atoms. The Kier molecular flexibility index (Phi) is 5.45. The first-order valence-electron chi connectivity index (χ1n) is 8.51. The minimum atomic E-state index is -0.0104. The van der Waals surface area contributed by atoms with E-state index in [1.807, 2.05) is 12.1 Å². The fourth-order valence-electron chi connectivity index (χ4n) is 3.13. The van der Waals surface area contributed by atoms with Gasteiger partial charge >= 0.3 is 0 Å². The molecule has 1 amide bonds. The Balaban J connectivity index is 1.66. The van der Waals surface area contributed by atoms with Gasteiger partial charge in [0, 0.05) is 30.4 Å². The van der Waals surface area contributed by atoms with E-state index in [4.69, 9.17) is 0 Å². The van der Waals surface area contributed by atoms with E-state index in [2.05, 4.69) is 45.5 Å². The molecule has 1 fully saturated rings. The third kappa shape index (κ3) is 3.93. The maximum atomic E-state index is 12.8. The SMILES string of the molecule is CC(C)[C@H](NC(=O)[C@@H]1CCCN(c2ncccn2)C1)c1cccs1. The van der Waals surface area contributed by atoms with Crippen molar-refractivity contribution in [2.24, 2.45) is 11.8 Å². The zero-order valence-corrected chi connectivity index (χ0v) is 15.0. The highest BCUT2D eigenvalue weighted by Gasteiger charge is 2.29. The summed E-state index contributed by atoms with van der Waals surface area (Å²) in [6.07, 6.45) is 5.40. The van der Waals surface area contributed by atoms with E-state index in [9.17, 15) is 4.79 Å². The summed E-state index contributed by atoms with van der Waals surface area (Å²) < 4.78 is 0. The fourth-order valence-corrected chi connectivity index (χ4v) is 4.08. The van der Waals surface area contributed by atoms with E-state index in [1.165, 1.54) is 4.88 Å². The van der Waals surface area contributed by atoms with Crippen LogP contribution in [0.1, 0.15) is 37.6 Å². The molecule has 0 saturated carbocycles. The highest BCUT2D eigenvalue weighted by molar-refractivity contribution is 7.10. The molecule has 1 saturated heterocycles. The van der Waals surface area contributed by atoms with Crippen molar-refractivity contribution in [3.63, 3.8) is 0 Å². The summed E-state index contributed by atoms with van der Waals surface area (Å²) in [5.74, 6) is 1.21. The van der Waals surface area contributed by atoms with Crippen LogP contribution in [0.25, 0.3) is 0 Å². The van der Waals surface area contributed by atoms with Crippen LogP contribution in [-0.4, -0.2) is 29.0 Å². The summed E-state index contributed by atoms with van der Waals surface area (Å²) >= 11 is 1.70. The highest BCUT2D eigenvalue weighted by atomic mass is 32.1. The molecule has 0 aromatic carbocycles. The maximum absolute atomic E-state index is 12.8. The van der Waals surface area contributed by atoms with E-state index in [1.54, 1.807) is 23.7 Å². The molecule has 24 heavy (non-hydrogen) atoms. The minimum absolute atomic E-state index is 0.0104. The largest absolute Gasteiger partial charge is 0.348 e. The number of thiophene rings is 1. The van der Waals surface area contributed by atoms with Gasteiger partial charge in [0.25, 0.3) is 0 Å². The Bertz CT molecular complexity index is 644. The van der Waals surface area contributed by atoms with E-state index >= 15 is 0 Å². The van der Waals surface area contributed by atoms with Crippen LogP contribution in [0.2, 0.25) is 0 Å². The first-order valence-corrected chi connectivity index (χ1v) is 9.39. The summed E-state index contributed by atoms with van der Waals surface area (Å²) in [6, 6.07) is 6.03. The Morgan fingerprint density at radius 1 is 1.33 bits per heavy atom. The third-order valence-electron chi connectivity index (χ3n) is 4.44. The van der Waals surface area contributed by atoms with E-state index < -0.39 is 0 Å². The van der Waals surface area contributed by atoms with Gasteiger partial charge in [0.15, 0.2) is 0 Å². The summed E-state index contributed by atoms with van der Waals surface area (Å²) in [5.41, 5.74) is 0. The zero-order chi connectivity index (χ0) is 16.9. The lowest BCUT2D eigenvalue weighted by molar-refractivity contribution is -0.126. The normalized spacial score (nSPS) is 19.3. The second kappa shape index (κ2) is 7.75. The van der Waals surface area contributed by atoms with Crippen molar-refractivity contribution in [1.82, 2.24) is 15.3 Å². The number of amides is 1. The molecule has 1 aliphatic heterocycles. The number of hydrogen-bond acceptors (Lipinski definition) is 5. The summed E-state index contributed by atoms with van der Waals surface area (Å²) in [6.45, 7) is 5.89. The van der Waals surface area contributed by atoms with Gasteiger partial charge in [-0.3, -0.25) is 4.79 Å². The number of rotatable bonds is 5.